The zero-order chi connectivity index (χ0) is 10.6. The Morgan fingerprint density at radius 1 is 1.57 bits per heavy atom. The van der Waals surface area contributed by atoms with Gasteiger partial charge in [-0.2, -0.15) is 5.26 Å². The number of nitrogens with zero attached hydrogens (tertiary/aromatic N) is 1. The van der Waals surface area contributed by atoms with Gasteiger partial charge in [-0.25, -0.2) is 0 Å². The lowest BCUT2D eigenvalue weighted by molar-refractivity contribution is -0.127. The zero-order valence-corrected chi connectivity index (χ0v) is 7.71. The van der Waals surface area contributed by atoms with Crippen molar-refractivity contribution in [1.82, 2.24) is 0 Å². The fourth-order valence-electron chi connectivity index (χ4n) is 0.853. The smallest absolute Gasteiger partial charge is 0.288 e. The quantitative estimate of drug-likeness (QED) is 0.589. The predicted octanol–water partition coefficient (Wildman–Crippen LogP) is 1.35. The highest BCUT2D eigenvalue weighted by atomic mass is 35.5. The Morgan fingerprint density at radius 2 is 2.29 bits per heavy atom. The van der Waals surface area contributed by atoms with Crippen molar-refractivity contribution >= 4 is 29.5 Å². The van der Waals surface area contributed by atoms with Crippen molar-refractivity contribution in [3.05, 3.63) is 28.8 Å². The summed E-state index contributed by atoms with van der Waals surface area (Å²) in [6.07, 6.45) is 0.134. The summed E-state index contributed by atoms with van der Waals surface area (Å²) in [5.41, 5.74) is 0.610. The average molecular weight is 209 g/mol. The Bertz CT molecular complexity index is 423. The maximum absolute atomic E-state index is 10.7. The second-order valence-corrected chi connectivity index (χ2v) is 2.82. The standard InChI is InChI=1S/C9H5ClN2O2/c10-7-2-1-6(4-11)3-8(7)12-9(14)5-13/h1-3,5H,(H,12,14). The van der Waals surface area contributed by atoms with Gasteiger partial charge in [-0.05, 0) is 18.2 Å². The minimum Gasteiger partial charge on any atom is -0.318 e. The van der Waals surface area contributed by atoms with Crippen LogP contribution in [-0.4, -0.2) is 12.2 Å². The van der Waals surface area contributed by atoms with E-state index in [4.69, 9.17) is 16.9 Å². The Labute approximate surface area is 85.1 Å². The number of amides is 1. The van der Waals surface area contributed by atoms with E-state index >= 15 is 0 Å². The molecule has 0 unspecified atom stereocenters. The van der Waals surface area contributed by atoms with Crippen LogP contribution in [0, 0.1) is 11.3 Å². The first-order chi connectivity index (χ1) is 6.67. The van der Waals surface area contributed by atoms with Gasteiger partial charge in [-0.3, -0.25) is 9.59 Å². The molecule has 1 N–H and O–H groups in total. The summed E-state index contributed by atoms with van der Waals surface area (Å²) in [5, 5.41) is 11.1. The first-order valence-electron chi connectivity index (χ1n) is 3.63. The molecule has 4 nitrogen and oxygen atoms in total. The van der Waals surface area contributed by atoms with E-state index in [0.717, 1.165) is 0 Å². The van der Waals surface area contributed by atoms with Gasteiger partial charge in [-0.15, -0.1) is 0 Å². The molecule has 0 aliphatic carbocycles. The number of benzene rings is 1. The van der Waals surface area contributed by atoms with Crippen molar-refractivity contribution in [2.45, 2.75) is 0 Å². The first kappa shape index (κ1) is 10.2. The van der Waals surface area contributed by atoms with Crippen molar-refractivity contribution in [3.8, 4) is 6.07 Å². The number of nitriles is 1. The van der Waals surface area contributed by atoms with E-state index in [0.29, 0.717) is 5.56 Å². The molecule has 1 amide bonds. The maximum atomic E-state index is 10.7. The van der Waals surface area contributed by atoms with E-state index in [9.17, 15) is 9.59 Å². The van der Waals surface area contributed by atoms with Crippen LogP contribution in [-0.2, 0) is 9.59 Å². The molecule has 0 saturated heterocycles. The molecule has 1 aromatic carbocycles. The molecule has 0 saturated carbocycles. The summed E-state index contributed by atoms with van der Waals surface area (Å²) >= 11 is 5.71. The monoisotopic (exact) mass is 208 g/mol. The highest BCUT2D eigenvalue weighted by Gasteiger charge is 2.05. The van der Waals surface area contributed by atoms with Crippen LogP contribution in [0.4, 0.5) is 5.69 Å². The van der Waals surface area contributed by atoms with Crippen LogP contribution in [0.25, 0.3) is 0 Å². The molecule has 0 spiro atoms. The van der Waals surface area contributed by atoms with Gasteiger partial charge in [0.1, 0.15) is 0 Å². The second-order valence-electron chi connectivity index (χ2n) is 2.41. The summed E-state index contributed by atoms with van der Waals surface area (Å²) in [6, 6.07) is 6.27. The zero-order valence-electron chi connectivity index (χ0n) is 6.95. The molecule has 0 aliphatic heterocycles. The topological polar surface area (TPSA) is 70.0 Å². The lowest BCUT2D eigenvalue weighted by Crippen LogP contribution is -2.12. The number of carbonyl (C=O) groups excluding carboxylic acids is 2. The highest BCUT2D eigenvalue weighted by Crippen LogP contribution is 2.22. The molecule has 0 atom stereocenters. The molecule has 1 rings (SSSR count). The molecular formula is C9H5ClN2O2. The number of hydrogen-bond donors (Lipinski definition) is 1. The Hall–Kier alpha value is -1.86. The summed E-state index contributed by atoms with van der Waals surface area (Å²) in [6.45, 7) is 0. The molecule has 0 fully saturated rings. The SMILES string of the molecule is N#Cc1ccc(Cl)c(NC(=O)C=O)c1. The van der Waals surface area contributed by atoms with Gasteiger partial charge in [0.15, 0.2) is 0 Å². The summed E-state index contributed by atoms with van der Waals surface area (Å²) in [5.74, 6) is -0.804. The van der Waals surface area contributed by atoms with Gasteiger partial charge in [0.05, 0.1) is 22.3 Å². The first-order valence-corrected chi connectivity index (χ1v) is 4.01. The number of halogens is 1. The number of nitrogens with one attached hydrogen (secondary N) is 1. The van der Waals surface area contributed by atoms with Crippen molar-refractivity contribution in [2.24, 2.45) is 0 Å². The molecule has 0 radical (unpaired) electrons. The Balaban J connectivity index is 3.02. The van der Waals surface area contributed by atoms with Crippen molar-refractivity contribution in [1.29, 1.82) is 5.26 Å². The number of rotatable bonds is 2. The molecule has 5 heteroatoms. The predicted molar refractivity (Wildman–Crippen MR) is 50.9 cm³/mol. The third-order valence-corrected chi connectivity index (χ3v) is 1.79. The largest absolute Gasteiger partial charge is 0.318 e. The summed E-state index contributed by atoms with van der Waals surface area (Å²) in [7, 11) is 0. The highest BCUT2D eigenvalue weighted by molar-refractivity contribution is 6.36. The van der Waals surface area contributed by atoms with Gasteiger partial charge in [0.25, 0.3) is 5.91 Å². The lowest BCUT2D eigenvalue weighted by atomic mass is 10.2. The minimum absolute atomic E-state index is 0.134. The number of hydrogen-bond acceptors (Lipinski definition) is 3. The fourth-order valence-corrected chi connectivity index (χ4v) is 1.02. The summed E-state index contributed by atoms with van der Waals surface area (Å²) < 4.78 is 0. The van der Waals surface area contributed by atoms with Crippen LogP contribution in [0.2, 0.25) is 5.02 Å². The van der Waals surface area contributed by atoms with E-state index in [1.807, 2.05) is 6.07 Å². The molecule has 70 valence electrons. The molecule has 0 heterocycles. The maximum Gasteiger partial charge on any atom is 0.288 e. The van der Waals surface area contributed by atoms with Crippen molar-refractivity contribution < 1.29 is 9.59 Å². The molecule has 1 aromatic rings. The molecular weight excluding hydrogens is 204 g/mol. The van der Waals surface area contributed by atoms with E-state index in [1.165, 1.54) is 18.2 Å². The van der Waals surface area contributed by atoms with Crippen LogP contribution < -0.4 is 5.32 Å². The second kappa shape index (κ2) is 4.40. The minimum atomic E-state index is -0.804. The van der Waals surface area contributed by atoms with Crippen molar-refractivity contribution in [3.63, 3.8) is 0 Å². The lowest BCUT2D eigenvalue weighted by Gasteiger charge is -2.03. The van der Waals surface area contributed by atoms with Crippen LogP contribution in [0.3, 0.4) is 0 Å². The Morgan fingerprint density at radius 3 is 2.86 bits per heavy atom. The van der Waals surface area contributed by atoms with Gasteiger partial charge in [0.2, 0.25) is 6.29 Å². The van der Waals surface area contributed by atoms with Gasteiger partial charge in [0, 0.05) is 0 Å². The van der Waals surface area contributed by atoms with Crippen LogP contribution >= 0.6 is 11.6 Å². The van der Waals surface area contributed by atoms with Gasteiger partial charge < -0.3 is 5.32 Å². The average Bonchev–Trinajstić information content (AvgIpc) is 2.21. The number of anilines is 1. The summed E-state index contributed by atoms with van der Waals surface area (Å²) in [4.78, 5) is 20.8. The molecule has 0 aromatic heterocycles. The van der Waals surface area contributed by atoms with Gasteiger partial charge >= 0.3 is 0 Å². The van der Waals surface area contributed by atoms with E-state index in [2.05, 4.69) is 5.32 Å². The van der Waals surface area contributed by atoms with Crippen LogP contribution in [0.5, 0.6) is 0 Å². The van der Waals surface area contributed by atoms with Crippen LogP contribution in [0.1, 0.15) is 5.56 Å². The number of carbonyl (C=O) groups is 2. The van der Waals surface area contributed by atoms with E-state index in [1.54, 1.807) is 0 Å². The normalized spacial score (nSPS) is 8.86. The fraction of sp³-hybridized carbons (Fsp3) is 0. The third kappa shape index (κ3) is 2.31. The van der Waals surface area contributed by atoms with Crippen molar-refractivity contribution in [2.75, 3.05) is 5.32 Å². The number of aldehydes is 1. The molecule has 14 heavy (non-hydrogen) atoms. The third-order valence-electron chi connectivity index (χ3n) is 1.46. The van der Waals surface area contributed by atoms with E-state index < -0.39 is 5.91 Å². The molecule has 0 aliphatic rings. The van der Waals surface area contributed by atoms with Crippen LogP contribution in [0.15, 0.2) is 18.2 Å². The Kier molecular flexibility index (Phi) is 3.21. The van der Waals surface area contributed by atoms with Gasteiger partial charge in [-0.1, -0.05) is 11.6 Å². The van der Waals surface area contributed by atoms with E-state index in [-0.39, 0.29) is 17.0 Å². The molecule has 0 bridgehead atoms.